The molecule has 0 aromatic carbocycles. The summed E-state index contributed by atoms with van der Waals surface area (Å²) in [5, 5.41) is 3.58. The lowest BCUT2D eigenvalue weighted by molar-refractivity contribution is -0.122. The minimum atomic E-state index is 0.118. The van der Waals surface area contributed by atoms with Crippen LogP contribution in [0.2, 0.25) is 0 Å². The third-order valence-electron chi connectivity index (χ3n) is 4.28. The molecule has 1 saturated carbocycles. The van der Waals surface area contributed by atoms with Crippen molar-refractivity contribution in [2.24, 2.45) is 5.92 Å². The van der Waals surface area contributed by atoms with Crippen LogP contribution < -0.4 is 5.32 Å². The number of terminal acetylenes is 1. The van der Waals surface area contributed by atoms with Crippen LogP contribution in [-0.2, 0) is 4.79 Å². The molecule has 0 radical (unpaired) electrons. The molecule has 2 fully saturated rings. The van der Waals surface area contributed by atoms with Gasteiger partial charge >= 0.3 is 0 Å². The lowest BCUT2D eigenvalue weighted by Crippen LogP contribution is -2.51. The highest BCUT2D eigenvalue weighted by Gasteiger charge is 2.33. The van der Waals surface area contributed by atoms with Gasteiger partial charge in [0.15, 0.2) is 0 Å². The SMILES string of the molecule is C#CCCCC(=O)C1CCC2CCCCC2N1. The Morgan fingerprint density at radius 1 is 1.24 bits per heavy atom. The zero-order chi connectivity index (χ0) is 12.1. The fourth-order valence-electron chi connectivity index (χ4n) is 3.29. The van der Waals surface area contributed by atoms with Gasteiger partial charge in [0.25, 0.3) is 0 Å². The molecular weight excluding hydrogens is 210 g/mol. The van der Waals surface area contributed by atoms with Gasteiger partial charge in [-0.05, 0) is 38.0 Å². The maximum atomic E-state index is 12.0. The summed E-state index contributed by atoms with van der Waals surface area (Å²) in [6.07, 6.45) is 15.0. The van der Waals surface area contributed by atoms with E-state index in [9.17, 15) is 4.79 Å². The predicted octanol–water partition coefficient (Wildman–Crippen LogP) is 2.67. The molecule has 1 N–H and O–H groups in total. The number of Topliss-reactive ketones (excluding diaryl/α,β-unsaturated/α-hetero) is 1. The summed E-state index contributed by atoms with van der Waals surface area (Å²) in [4.78, 5) is 12.0. The lowest BCUT2D eigenvalue weighted by atomic mass is 9.77. The Morgan fingerprint density at radius 2 is 2.06 bits per heavy atom. The molecule has 1 aliphatic heterocycles. The molecule has 2 nitrogen and oxygen atoms in total. The molecule has 1 heterocycles. The van der Waals surface area contributed by atoms with Gasteiger partial charge in [-0.2, -0.15) is 0 Å². The van der Waals surface area contributed by atoms with E-state index in [0.717, 1.165) is 25.2 Å². The monoisotopic (exact) mass is 233 g/mol. The minimum absolute atomic E-state index is 0.118. The fraction of sp³-hybridized carbons (Fsp3) is 0.800. The van der Waals surface area contributed by atoms with Crippen LogP contribution in [0.1, 0.15) is 57.8 Å². The van der Waals surface area contributed by atoms with E-state index < -0.39 is 0 Å². The van der Waals surface area contributed by atoms with Crippen LogP contribution in [0.5, 0.6) is 0 Å². The molecule has 3 atom stereocenters. The number of unbranched alkanes of at least 4 members (excludes halogenated alkanes) is 1. The van der Waals surface area contributed by atoms with Crippen LogP contribution in [0.3, 0.4) is 0 Å². The van der Waals surface area contributed by atoms with E-state index in [-0.39, 0.29) is 6.04 Å². The Hall–Kier alpha value is -0.810. The summed E-state index contributed by atoms with van der Waals surface area (Å²) in [5.74, 6) is 3.81. The number of rotatable bonds is 4. The number of carbonyl (C=O) groups is 1. The molecule has 1 aliphatic carbocycles. The summed E-state index contributed by atoms with van der Waals surface area (Å²) in [7, 11) is 0. The summed E-state index contributed by atoms with van der Waals surface area (Å²) < 4.78 is 0. The van der Waals surface area contributed by atoms with Gasteiger partial charge in [0.1, 0.15) is 5.78 Å². The first-order valence-electron chi connectivity index (χ1n) is 7.03. The molecule has 17 heavy (non-hydrogen) atoms. The van der Waals surface area contributed by atoms with Gasteiger partial charge in [-0.3, -0.25) is 4.79 Å². The summed E-state index contributed by atoms with van der Waals surface area (Å²) >= 11 is 0. The first-order chi connectivity index (χ1) is 8.31. The third-order valence-corrected chi connectivity index (χ3v) is 4.28. The topological polar surface area (TPSA) is 29.1 Å². The van der Waals surface area contributed by atoms with Crippen molar-refractivity contribution < 1.29 is 4.79 Å². The maximum Gasteiger partial charge on any atom is 0.149 e. The fourth-order valence-corrected chi connectivity index (χ4v) is 3.29. The predicted molar refractivity (Wildman–Crippen MR) is 69.6 cm³/mol. The Morgan fingerprint density at radius 3 is 2.88 bits per heavy atom. The smallest absolute Gasteiger partial charge is 0.149 e. The zero-order valence-corrected chi connectivity index (χ0v) is 10.6. The molecule has 2 aliphatic rings. The maximum absolute atomic E-state index is 12.0. The van der Waals surface area contributed by atoms with Crippen LogP contribution in [0.15, 0.2) is 0 Å². The van der Waals surface area contributed by atoms with E-state index in [1.54, 1.807) is 0 Å². The third kappa shape index (κ3) is 3.33. The van der Waals surface area contributed by atoms with Crippen LogP contribution in [0.4, 0.5) is 0 Å². The van der Waals surface area contributed by atoms with Gasteiger partial charge in [-0.1, -0.05) is 12.8 Å². The Bertz CT molecular complexity index is 305. The molecule has 0 bridgehead atoms. The Balaban J connectivity index is 1.79. The lowest BCUT2D eigenvalue weighted by Gasteiger charge is -2.40. The minimum Gasteiger partial charge on any atom is -0.304 e. The van der Waals surface area contributed by atoms with Gasteiger partial charge in [-0.25, -0.2) is 0 Å². The average Bonchev–Trinajstić information content (AvgIpc) is 2.38. The second-order valence-electron chi connectivity index (χ2n) is 5.47. The van der Waals surface area contributed by atoms with Crippen molar-refractivity contribution in [3.05, 3.63) is 0 Å². The highest BCUT2D eigenvalue weighted by molar-refractivity contribution is 5.84. The van der Waals surface area contributed by atoms with Crippen molar-refractivity contribution in [3.8, 4) is 12.3 Å². The standard InChI is InChI=1S/C15H23NO/c1-2-3-4-9-15(17)14-11-10-12-7-5-6-8-13(12)16-14/h1,12-14,16H,3-11H2. The van der Waals surface area contributed by atoms with Crippen LogP contribution in [0, 0.1) is 18.3 Å². The number of ketones is 1. The zero-order valence-electron chi connectivity index (χ0n) is 10.6. The van der Waals surface area contributed by atoms with Gasteiger partial charge in [0.2, 0.25) is 0 Å². The van der Waals surface area contributed by atoms with E-state index in [4.69, 9.17) is 6.42 Å². The number of hydrogen-bond donors (Lipinski definition) is 1. The number of fused-ring (bicyclic) bond motifs is 1. The first kappa shape index (κ1) is 12.6. The van der Waals surface area contributed by atoms with Gasteiger partial charge in [-0.15, -0.1) is 12.3 Å². The molecule has 0 spiro atoms. The number of nitrogens with one attached hydrogen (secondary N) is 1. The van der Waals surface area contributed by atoms with Gasteiger partial charge in [0, 0.05) is 18.9 Å². The molecule has 94 valence electrons. The van der Waals surface area contributed by atoms with Crippen molar-refractivity contribution in [2.75, 3.05) is 0 Å². The summed E-state index contributed by atoms with van der Waals surface area (Å²) in [6, 6.07) is 0.728. The number of hydrogen-bond acceptors (Lipinski definition) is 2. The largest absolute Gasteiger partial charge is 0.304 e. The Kier molecular flexibility index (Phi) is 4.62. The van der Waals surface area contributed by atoms with E-state index in [2.05, 4.69) is 11.2 Å². The average molecular weight is 233 g/mol. The van der Waals surface area contributed by atoms with E-state index in [1.165, 1.54) is 32.1 Å². The van der Waals surface area contributed by atoms with E-state index in [0.29, 0.717) is 18.2 Å². The van der Waals surface area contributed by atoms with Crippen molar-refractivity contribution in [1.82, 2.24) is 5.32 Å². The molecule has 0 aromatic rings. The quantitative estimate of drug-likeness (QED) is 0.597. The molecule has 2 rings (SSSR count). The summed E-state index contributed by atoms with van der Waals surface area (Å²) in [5.41, 5.74) is 0. The van der Waals surface area contributed by atoms with E-state index in [1.807, 2.05) is 0 Å². The molecule has 2 heteroatoms. The van der Waals surface area contributed by atoms with Crippen molar-refractivity contribution >= 4 is 5.78 Å². The highest BCUT2D eigenvalue weighted by Crippen LogP contribution is 2.32. The molecule has 0 amide bonds. The highest BCUT2D eigenvalue weighted by atomic mass is 16.1. The van der Waals surface area contributed by atoms with Crippen LogP contribution >= 0.6 is 0 Å². The van der Waals surface area contributed by atoms with E-state index >= 15 is 0 Å². The first-order valence-corrected chi connectivity index (χ1v) is 7.03. The van der Waals surface area contributed by atoms with Crippen LogP contribution in [0.25, 0.3) is 0 Å². The van der Waals surface area contributed by atoms with Gasteiger partial charge < -0.3 is 5.32 Å². The second kappa shape index (κ2) is 6.21. The summed E-state index contributed by atoms with van der Waals surface area (Å²) in [6.45, 7) is 0. The molecule has 1 saturated heterocycles. The normalized spacial score (nSPS) is 32.5. The Labute approximate surface area is 105 Å². The number of carbonyl (C=O) groups excluding carboxylic acids is 1. The van der Waals surface area contributed by atoms with Crippen LogP contribution in [-0.4, -0.2) is 17.9 Å². The second-order valence-corrected chi connectivity index (χ2v) is 5.47. The molecular formula is C15H23NO. The number of piperidine rings is 1. The van der Waals surface area contributed by atoms with Gasteiger partial charge in [0.05, 0.1) is 6.04 Å². The van der Waals surface area contributed by atoms with Crippen molar-refractivity contribution in [3.63, 3.8) is 0 Å². The molecule has 3 unspecified atom stereocenters. The molecule has 0 aromatic heterocycles. The van der Waals surface area contributed by atoms with Crippen molar-refractivity contribution in [2.45, 2.75) is 69.9 Å². The van der Waals surface area contributed by atoms with Crippen molar-refractivity contribution in [1.29, 1.82) is 0 Å².